The van der Waals surface area contributed by atoms with E-state index in [1.54, 1.807) is 17.6 Å². The second kappa shape index (κ2) is 11.6. The van der Waals surface area contributed by atoms with E-state index in [2.05, 4.69) is 39.6 Å². The molecule has 2 aromatic carbocycles. The van der Waals surface area contributed by atoms with Gasteiger partial charge in [-0.25, -0.2) is 5.48 Å². The summed E-state index contributed by atoms with van der Waals surface area (Å²) in [5, 5.41) is 16.6. The molecule has 0 radical (unpaired) electrons. The van der Waals surface area contributed by atoms with Gasteiger partial charge in [0.25, 0.3) is 5.91 Å². The minimum Gasteiger partial charge on any atom is -0.361 e. The minimum atomic E-state index is -0.468. The highest BCUT2D eigenvalue weighted by Gasteiger charge is 2.38. The molecule has 0 bridgehead atoms. The number of piperidine rings is 1. The number of nitrogens with one attached hydrogen (secondary N) is 2. The van der Waals surface area contributed by atoms with Gasteiger partial charge in [0.1, 0.15) is 5.76 Å². The van der Waals surface area contributed by atoms with Crippen LogP contribution in [0.25, 0.3) is 11.1 Å². The fraction of sp³-hybridized carbons (Fsp3) is 0.467. The molecule has 5 rings (SSSR count). The molecule has 0 unspecified atom stereocenters. The third-order valence-electron chi connectivity index (χ3n) is 8.08. The van der Waals surface area contributed by atoms with Crippen molar-refractivity contribution in [1.29, 1.82) is 0 Å². The number of hydroxylamine groups is 1. The van der Waals surface area contributed by atoms with Crippen LogP contribution in [0.1, 0.15) is 64.5 Å². The Kier molecular flexibility index (Phi) is 8.03. The molecule has 1 aliphatic heterocycles. The second-order valence-electron chi connectivity index (χ2n) is 10.7. The Labute approximate surface area is 219 Å². The van der Waals surface area contributed by atoms with E-state index in [9.17, 15) is 4.79 Å². The topological polar surface area (TPSA) is 90.6 Å². The van der Waals surface area contributed by atoms with E-state index in [0.717, 1.165) is 48.9 Å². The van der Waals surface area contributed by atoms with Gasteiger partial charge in [-0.3, -0.25) is 10.0 Å². The number of amides is 1. The summed E-state index contributed by atoms with van der Waals surface area (Å²) in [6.07, 6.45) is 5.89. The first kappa shape index (κ1) is 25.6. The van der Waals surface area contributed by atoms with Crippen molar-refractivity contribution < 1.29 is 14.5 Å². The first-order valence-corrected chi connectivity index (χ1v) is 13.5. The summed E-state index contributed by atoms with van der Waals surface area (Å²) in [6, 6.07) is 17.0. The van der Waals surface area contributed by atoms with Crippen molar-refractivity contribution in [2.45, 2.75) is 57.9 Å². The minimum absolute atomic E-state index is 0.468. The van der Waals surface area contributed by atoms with E-state index in [1.165, 1.54) is 49.0 Å². The molecule has 2 aliphatic rings. The van der Waals surface area contributed by atoms with E-state index in [-0.39, 0.29) is 0 Å². The molecule has 196 valence electrons. The fourth-order valence-electron chi connectivity index (χ4n) is 5.71. The summed E-state index contributed by atoms with van der Waals surface area (Å²) in [7, 11) is 0. The Morgan fingerprint density at radius 3 is 2.46 bits per heavy atom. The molecular weight excluding hydrogens is 464 g/mol. The van der Waals surface area contributed by atoms with Crippen LogP contribution in [0.3, 0.4) is 0 Å². The molecule has 37 heavy (non-hydrogen) atoms. The van der Waals surface area contributed by atoms with E-state index < -0.39 is 5.91 Å². The van der Waals surface area contributed by atoms with Gasteiger partial charge in [-0.1, -0.05) is 41.6 Å². The molecule has 2 heterocycles. The molecule has 1 saturated heterocycles. The molecule has 3 aromatic rings. The van der Waals surface area contributed by atoms with Gasteiger partial charge >= 0.3 is 0 Å². The van der Waals surface area contributed by atoms with Crippen molar-refractivity contribution in [2.75, 3.05) is 26.2 Å². The Bertz CT molecular complexity index is 1160. The van der Waals surface area contributed by atoms with E-state index in [1.807, 2.05) is 26.0 Å². The number of carbonyl (C=O) groups excluding carboxylic acids is 1. The molecule has 1 aliphatic carbocycles. The maximum atomic E-state index is 11.4. The van der Waals surface area contributed by atoms with Crippen molar-refractivity contribution in [2.24, 2.45) is 5.92 Å². The Balaban J connectivity index is 0.984. The number of rotatable bonds is 10. The van der Waals surface area contributed by atoms with Gasteiger partial charge in [-0.05, 0) is 107 Å². The van der Waals surface area contributed by atoms with Crippen LogP contribution in [0.5, 0.6) is 0 Å². The van der Waals surface area contributed by atoms with Crippen molar-refractivity contribution in [3.05, 3.63) is 76.7 Å². The SMILES string of the molecule is Cc1noc(C)c1-c1ccc([C@H]2C[C@@H]2NCC2CCN(CCCc3ccc(C(=O)NO)cc3)CC2)cc1. The average molecular weight is 503 g/mol. The van der Waals surface area contributed by atoms with Crippen molar-refractivity contribution in [3.63, 3.8) is 0 Å². The lowest BCUT2D eigenvalue weighted by atomic mass is 9.96. The summed E-state index contributed by atoms with van der Waals surface area (Å²) in [6.45, 7) is 8.57. The van der Waals surface area contributed by atoms with Crippen LogP contribution in [0.15, 0.2) is 53.1 Å². The number of nitrogens with zero attached hydrogens (tertiary/aromatic N) is 2. The van der Waals surface area contributed by atoms with Gasteiger partial charge in [0.2, 0.25) is 0 Å². The van der Waals surface area contributed by atoms with Gasteiger partial charge in [0.05, 0.1) is 5.69 Å². The highest BCUT2D eigenvalue weighted by atomic mass is 16.5. The lowest BCUT2D eigenvalue weighted by Crippen LogP contribution is -2.38. The molecule has 1 amide bonds. The number of hydrogen-bond donors (Lipinski definition) is 3. The predicted octanol–water partition coefficient (Wildman–Crippen LogP) is 4.87. The monoisotopic (exact) mass is 502 g/mol. The quantitative estimate of drug-likeness (QED) is 0.271. The van der Waals surface area contributed by atoms with E-state index >= 15 is 0 Å². The van der Waals surface area contributed by atoms with Crippen molar-refractivity contribution in [1.82, 2.24) is 20.9 Å². The zero-order valence-corrected chi connectivity index (χ0v) is 21.9. The maximum absolute atomic E-state index is 11.4. The normalized spacial score (nSPS) is 20.2. The fourth-order valence-corrected chi connectivity index (χ4v) is 5.71. The summed E-state index contributed by atoms with van der Waals surface area (Å²) >= 11 is 0. The molecule has 1 saturated carbocycles. The highest BCUT2D eigenvalue weighted by molar-refractivity contribution is 5.93. The molecule has 0 spiro atoms. The van der Waals surface area contributed by atoms with Crippen LogP contribution >= 0.6 is 0 Å². The number of aryl methyl sites for hydroxylation is 3. The first-order chi connectivity index (χ1) is 18.0. The highest BCUT2D eigenvalue weighted by Crippen LogP contribution is 2.41. The molecule has 2 fully saturated rings. The average Bonchev–Trinajstić information content (AvgIpc) is 3.64. The van der Waals surface area contributed by atoms with Crippen molar-refractivity contribution >= 4 is 5.91 Å². The van der Waals surface area contributed by atoms with Crippen molar-refractivity contribution in [3.8, 4) is 11.1 Å². The zero-order valence-electron chi connectivity index (χ0n) is 21.9. The maximum Gasteiger partial charge on any atom is 0.274 e. The second-order valence-corrected chi connectivity index (χ2v) is 10.7. The standard InChI is InChI=1S/C30H38N4O3/c1-20-29(21(2)37-33-20)25-11-9-24(10-12-25)27-18-28(27)31-19-23-13-16-34(17-14-23)15-3-4-22-5-7-26(8-6-22)30(35)32-36/h5-12,23,27-28,31,36H,3-4,13-19H2,1-2H3,(H,32,35)/t27-,28+/m1/s1. The zero-order chi connectivity index (χ0) is 25.8. The van der Waals surface area contributed by atoms with E-state index in [0.29, 0.717) is 17.5 Å². The number of hydrogen-bond acceptors (Lipinski definition) is 6. The number of benzene rings is 2. The van der Waals surface area contributed by atoms with Crippen LogP contribution in [-0.2, 0) is 6.42 Å². The van der Waals surface area contributed by atoms with Gasteiger partial charge in [0, 0.05) is 23.1 Å². The Morgan fingerprint density at radius 2 is 1.81 bits per heavy atom. The molecule has 3 N–H and O–H groups in total. The first-order valence-electron chi connectivity index (χ1n) is 13.5. The van der Waals surface area contributed by atoms with Crippen LogP contribution in [0.2, 0.25) is 0 Å². The third kappa shape index (κ3) is 6.29. The lowest BCUT2D eigenvalue weighted by Gasteiger charge is -2.32. The van der Waals surface area contributed by atoms with Gasteiger partial charge < -0.3 is 14.7 Å². The Morgan fingerprint density at radius 1 is 1.08 bits per heavy atom. The summed E-state index contributed by atoms with van der Waals surface area (Å²) in [4.78, 5) is 14.0. The molecule has 1 aromatic heterocycles. The molecule has 2 atom stereocenters. The third-order valence-corrected chi connectivity index (χ3v) is 8.08. The van der Waals surface area contributed by atoms with Gasteiger partial charge in [-0.2, -0.15) is 0 Å². The van der Waals surface area contributed by atoms with E-state index in [4.69, 9.17) is 9.73 Å². The molecule has 7 nitrogen and oxygen atoms in total. The van der Waals surface area contributed by atoms with Gasteiger partial charge in [-0.15, -0.1) is 0 Å². The van der Waals surface area contributed by atoms with Crippen LogP contribution in [0.4, 0.5) is 0 Å². The van der Waals surface area contributed by atoms with Crippen LogP contribution < -0.4 is 10.8 Å². The smallest absolute Gasteiger partial charge is 0.274 e. The summed E-state index contributed by atoms with van der Waals surface area (Å²) in [5.74, 6) is 1.81. The number of carbonyl (C=O) groups is 1. The van der Waals surface area contributed by atoms with Crippen LogP contribution in [-0.4, -0.2) is 53.4 Å². The lowest BCUT2D eigenvalue weighted by molar-refractivity contribution is 0.0706. The predicted molar refractivity (Wildman–Crippen MR) is 144 cm³/mol. The number of aromatic nitrogens is 1. The van der Waals surface area contributed by atoms with Crippen LogP contribution in [0, 0.1) is 19.8 Å². The number of likely N-dealkylation sites (tertiary alicyclic amines) is 1. The molecular formula is C30H38N4O3. The molecule has 7 heteroatoms. The Hall–Kier alpha value is -3.00. The summed E-state index contributed by atoms with van der Waals surface area (Å²) < 4.78 is 5.32. The summed E-state index contributed by atoms with van der Waals surface area (Å²) in [5.41, 5.74) is 8.05. The largest absolute Gasteiger partial charge is 0.361 e. The van der Waals surface area contributed by atoms with Gasteiger partial charge in [0.15, 0.2) is 0 Å².